The van der Waals surface area contributed by atoms with Crippen molar-refractivity contribution in [3.63, 3.8) is 0 Å². The first-order valence-corrected chi connectivity index (χ1v) is 9.19. The molecule has 3 aromatic heterocycles. The van der Waals surface area contributed by atoms with E-state index in [-0.39, 0.29) is 18.0 Å². The van der Waals surface area contributed by atoms with Crippen LogP contribution in [0.1, 0.15) is 21.9 Å². The molecule has 0 bridgehead atoms. The van der Waals surface area contributed by atoms with Crippen LogP contribution >= 0.6 is 11.6 Å². The van der Waals surface area contributed by atoms with Crippen LogP contribution in [0.3, 0.4) is 0 Å². The highest BCUT2D eigenvalue weighted by atomic mass is 35.5. The summed E-state index contributed by atoms with van der Waals surface area (Å²) in [4.78, 5) is 22.6. The first-order chi connectivity index (χ1) is 14.5. The van der Waals surface area contributed by atoms with Gasteiger partial charge in [0.2, 0.25) is 0 Å². The molecule has 30 heavy (non-hydrogen) atoms. The molecule has 11 heteroatoms. The summed E-state index contributed by atoms with van der Waals surface area (Å²) in [5, 5.41) is 22.3. The first-order valence-electron chi connectivity index (χ1n) is 8.81. The van der Waals surface area contributed by atoms with E-state index in [1.807, 2.05) is 12.1 Å². The number of halogens is 1. The maximum absolute atomic E-state index is 12.4. The number of furan rings is 1. The summed E-state index contributed by atoms with van der Waals surface area (Å²) in [5.74, 6) is 0.462. The number of nitro groups is 1. The van der Waals surface area contributed by atoms with Crippen molar-refractivity contribution in [3.05, 3.63) is 93.3 Å². The van der Waals surface area contributed by atoms with Crippen LogP contribution in [0.15, 0.2) is 65.5 Å². The minimum atomic E-state index is -0.531. The van der Waals surface area contributed by atoms with Crippen molar-refractivity contribution in [1.29, 1.82) is 0 Å². The lowest BCUT2D eigenvalue weighted by Gasteiger charge is -2.02. The standard InChI is InChI=1S/C19H15ClN6O4/c20-14-3-1-13(2-4-14)10-24-8-7-18(23-24)22-19(27)17-6-5-16(30-17)12-25-11-15(9-21-25)26(28)29/h1-9,11H,10,12H2,(H,22,23,27). The average molecular weight is 427 g/mol. The lowest BCUT2D eigenvalue weighted by Crippen LogP contribution is -2.12. The summed E-state index contributed by atoms with van der Waals surface area (Å²) >= 11 is 5.88. The Morgan fingerprint density at radius 1 is 1.13 bits per heavy atom. The van der Waals surface area contributed by atoms with Crippen LogP contribution in [-0.2, 0) is 13.1 Å². The third kappa shape index (κ3) is 4.55. The minimum absolute atomic E-state index is 0.0962. The zero-order chi connectivity index (χ0) is 21.1. The van der Waals surface area contributed by atoms with Crippen molar-refractivity contribution < 1.29 is 14.1 Å². The Balaban J connectivity index is 1.36. The second-order valence-corrected chi connectivity index (χ2v) is 6.83. The second kappa shape index (κ2) is 8.21. The first kappa shape index (κ1) is 19.4. The molecule has 4 aromatic rings. The summed E-state index contributed by atoms with van der Waals surface area (Å²) < 4.78 is 8.56. The molecule has 10 nitrogen and oxygen atoms in total. The van der Waals surface area contributed by atoms with E-state index >= 15 is 0 Å². The molecule has 152 valence electrons. The van der Waals surface area contributed by atoms with Crippen LogP contribution in [0.5, 0.6) is 0 Å². The molecule has 0 radical (unpaired) electrons. The molecule has 1 amide bonds. The van der Waals surface area contributed by atoms with Crippen molar-refractivity contribution in [2.75, 3.05) is 5.32 Å². The van der Waals surface area contributed by atoms with Crippen molar-refractivity contribution in [2.45, 2.75) is 13.1 Å². The number of anilines is 1. The fourth-order valence-corrected chi connectivity index (χ4v) is 2.88. The number of hydrogen-bond acceptors (Lipinski definition) is 6. The van der Waals surface area contributed by atoms with E-state index in [9.17, 15) is 14.9 Å². The number of nitrogens with zero attached hydrogens (tertiary/aromatic N) is 5. The zero-order valence-electron chi connectivity index (χ0n) is 15.4. The second-order valence-electron chi connectivity index (χ2n) is 6.40. The van der Waals surface area contributed by atoms with Gasteiger partial charge in [-0.3, -0.25) is 24.3 Å². The molecule has 0 atom stereocenters. The molecule has 3 heterocycles. The van der Waals surface area contributed by atoms with Crippen LogP contribution in [0.2, 0.25) is 5.02 Å². The van der Waals surface area contributed by atoms with Gasteiger partial charge in [0.15, 0.2) is 11.6 Å². The van der Waals surface area contributed by atoms with Crippen LogP contribution in [-0.4, -0.2) is 30.4 Å². The van der Waals surface area contributed by atoms with Crippen molar-refractivity contribution in [3.8, 4) is 0 Å². The van der Waals surface area contributed by atoms with E-state index in [0.717, 1.165) is 11.8 Å². The molecule has 1 N–H and O–H groups in total. The molecule has 0 aliphatic heterocycles. The van der Waals surface area contributed by atoms with Gasteiger partial charge in [-0.05, 0) is 29.8 Å². The monoisotopic (exact) mass is 426 g/mol. The summed E-state index contributed by atoms with van der Waals surface area (Å²) in [6, 6.07) is 12.2. The Morgan fingerprint density at radius 2 is 1.93 bits per heavy atom. The predicted octanol–water partition coefficient (Wildman–Crippen LogP) is 3.58. The quantitative estimate of drug-likeness (QED) is 0.356. The zero-order valence-corrected chi connectivity index (χ0v) is 16.2. The van der Waals surface area contributed by atoms with E-state index in [1.165, 1.54) is 16.9 Å². The van der Waals surface area contributed by atoms with Crippen molar-refractivity contribution >= 4 is 29.0 Å². The van der Waals surface area contributed by atoms with Gasteiger partial charge in [-0.15, -0.1) is 0 Å². The molecule has 4 rings (SSSR count). The highest BCUT2D eigenvalue weighted by Gasteiger charge is 2.15. The van der Waals surface area contributed by atoms with Gasteiger partial charge in [0.05, 0.1) is 18.0 Å². The van der Waals surface area contributed by atoms with Gasteiger partial charge in [0, 0.05) is 17.3 Å². The molecule has 0 fully saturated rings. The molecule has 0 unspecified atom stereocenters. The van der Waals surface area contributed by atoms with E-state index in [1.54, 1.807) is 35.1 Å². The predicted molar refractivity (Wildman–Crippen MR) is 107 cm³/mol. The average Bonchev–Trinajstić information content (AvgIpc) is 3.46. The van der Waals surface area contributed by atoms with Gasteiger partial charge >= 0.3 is 5.69 Å². The lowest BCUT2D eigenvalue weighted by atomic mass is 10.2. The van der Waals surface area contributed by atoms with Crippen molar-refractivity contribution in [2.24, 2.45) is 0 Å². The highest BCUT2D eigenvalue weighted by molar-refractivity contribution is 6.30. The van der Waals surface area contributed by atoms with Crippen LogP contribution in [0, 0.1) is 10.1 Å². The molecule has 1 aromatic carbocycles. The van der Waals surface area contributed by atoms with Gasteiger partial charge in [-0.25, -0.2) is 0 Å². The summed E-state index contributed by atoms with van der Waals surface area (Å²) in [6.07, 6.45) is 4.19. The van der Waals surface area contributed by atoms with Gasteiger partial charge < -0.3 is 9.73 Å². The molecular weight excluding hydrogens is 412 g/mol. The number of benzene rings is 1. The number of aromatic nitrogens is 4. The van der Waals surface area contributed by atoms with Gasteiger partial charge in [0.1, 0.15) is 18.2 Å². The topological polar surface area (TPSA) is 121 Å². The fourth-order valence-electron chi connectivity index (χ4n) is 2.75. The maximum Gasteiger partial charge on any atom is 0.307 e. The molecular formula is C19H15ClN6O4. The largest absolute Gasteiger partial charge is 0.454 e. The smallest absolute Gasteiger partial charge is 0.307 e. The molecule has 0 saturated carbocycles. The van der Waals surface area contributed by atoms with Gasteiger partial charge in [0.25, 0.3) is 5.91 Å². The van der Waals surface area contributed by atoms with E-state index < -0.39 is 10.8 Å². The lowest BCUT2D eigenvalue weighted by molar-refractivity contribution is -0.385. The van der Waals surface area contributed by atoms with Gasteiger partial charge in [-0.1, -0.05) is 23.7 Å². The molecule has 0 aliphatic rings. The molecule has 0 aliphatic carbocycles. The van der Waals surface area contributed by atoms with Gasteiger partial charge in [-0.2, -0.15) is 10.2 Å². The van der Waals surface area contributed by atoms with Crippen LogP contribution < -0.4 is 5.32 Å². The minimum Gasteiger partial charge on any atom is -0.454 e. The Labute approximate surface area is 174 Å². The van der Waals surface area contributed by atoms with E-state index in [2.05, 4.69) is 15.5 Å². The Kier molecular flexibility index (Phi) is 5.31. The number of nitrogens with one attached hydrogen (secondary N) is 1. The Morgan fingerprint density at radius 3 is 2.67 bits per heavy atom. The van der Waals surface area contributed by atoms with E-state index in [0.29, 0.717) is 23.1 Å². The SMILES string of the molecule is O=C(Nc1ccn(Cc2ccc(Cl)cc2)n1)c1ccc(Cn2cc([N+](=O)[O-])cn2)o1. The van der Waals surface area contributed by atoms with Crippen LogP contribution in [0.4, 0.5) is 11.5 Å². The Bertz CT molecular complexity index is 1190. The molecule has 0 spiro atoms. The normalized spacial score (nSPS) is 10.8. The number of amides is 1. The number of hydrogen-bond donors (Lipinski definition) is 1. The molecule has 0 saturated heterocycles. The third-order valence-corrected chi connectivity index (χ3v) is 4.43. The van der Waals surface area contributed by atoms with E-state index in [4.69, 9.17) is 16.0 Å². The number of carbonyl (C=O) groups is 1. The number of rotatable bonds is 7. The summed E-state index contributed by atoms with van der Waals surface area (Å²) in [5.41, 5.74) is 0.906. The number of carbonyl (C=O) groups excluding carboxylic acids is 1. The van der Waals surface area contributed by atoms with Crippen molar-refractivity contribution in [1.82, 2.24) is 19.6 Å². The summed E-state index contributed by atoms with van der Waals surface area (Å²) in [7, 11) is 0. The third-order valence-electron chi connectivity index (χ3n) is 4.17. The summed E-state index contributed by atoms with van der Waals surface area (Å²) in [6.45, 7) is 0.699. The Hall–Kier alpha value is -3.92. The fraction of sp³-hybridized carbons (Fsp3) is 0.105. The highest BCUT2D eigenvalue weighted by Crippen LogP contribution is 2.15. The van der Waals surface area contributed by atoms with Crippen LogP contribution in [0.25, 0.3) is 0 Å². The maximum atomic E-state index is 12.4.